The third kappa shape index (κ3) is 4.57. The van der Waals surface area contributed by atoms with Crippen LogP contribution in [0.1, 0.15) is 37.3 Å². The Bertz CT molecular complexity index is 994. The molecule has 4 nitrogen and oxygen atoms in total. The van der Waals surface area contributed by atoms with Crippen molar-refractivity contribution in [3.05, 3.63) is 63.5 Å². The average Bonchev–Trinajstić information content (AvgIpc) is 3.35. The van der Waals surface area contributed by atoms with E-state index in [1.54, 1.807) is 4.90 Å². The SMILES string of the molecule is CCCN1C(=O)/C(=C/c2ccc(N3CCCC3)c(C)c2)SC1=Nc1ccc(Cl)cc1. The molecule has 0 spiro atoms. The molecular weight excluding hydrogens is 414 g/mol. The van der Waals surface area contributed by atoms with Gasteiger partial charge in [-0.15, -0.1) is 0 Å². The van der Waals surface area contributed by atoms with E-state index in [9.17, 15) is 4.79 Å². The van der Waals surface area contributed by atoms with E-state index in [0.717, 1.165) is 35.9 Å². The van der Waals surface area contributed by atoms with Crippen LogP contribution in [-0.2, 0) is 4.79 Å². The van der Waals surface area contributed by atoms with Crippen molar-refractivity contribution < 1.29 is 4.79 Å². The summed E-state index contributed by atoms with van der Waals surface area (Å²) in [5.74, 6) is 0.0239. The molecule has 2 fully saturated rings. The number of hydrogen-bond donors (Lipinski definition) is 0. The molecule has 6 heteroatoms. The molecule has 2 aliphatic rings. The van der Waals surface area contributed by atoms with Crippen LogP contribution in [0.4, 0.5) is 11.4 Å². The molecule has 0 N–H and O–H groups in total. The number of carbonyl (C=O) groups is 1. The van der Waals surface area contributed by atoms with Crippen LogP contribution in [0.3, 0.4) is 0 Å². The zero-order valence-corrected chi connectivity index (χ0v) is 19.0. The molecule has 0 atom stereocenters. The number of rotatable bonds is 5. The Hall–Kier alpha value is -2.24. The first-order valence-electron chi connectivity index (χ1n) is 10.5. The van der Waals surface area contributed by atoms with Crippen LogP contribution in [0, 0.1) is 6.92 Å². The number of amides is 1. The fourth-order valence-corrected chi connectivity index (χ4v) is 5.02. The first-order chi connectivity index (χ1) is 14.5. The summed E-state index contributed by atoms with van der Waals surface area (Å²) in [4.78, 5) is 22.7. The van der Waals surface area contributed by atoms with Gasteiger partial charge < -0.3 is 4.90 Å². The van der Waals surface area contributed by atoms with Gasteiger partial charge in [-0.05, 0) is 91.5 Å². The molecular formula is C24H26ClN3OS. The summed E-state index contributed by atoms with van der Waals surface area (Å²) in [5.41, 5.74) is 4.40. The molecule has 2 heterocycles. The lowest BCUT2D eigenvalue weighted by atomic mass is 10.1. The Morgan fingerprint density at radius 1 is 1.13 bits per heavy atom. The third-order valence-electron chi connectivity index (χ3n) is 5.35. The zero-order valence-electron chi connectivity index (χ0n) is 17.4. The fourth-order valence-electron chi connectivity index (χ4n) is 3.87. The maximum atomic E-state index is 13.0. The summed E-state index contributed by atoms with van der Waals surface area (Å²) in [6.45, 7) is 7.14. The normalized spacial score (nSPS) is 19.5. The molecule has 0 unspecified atom stereocenters. The Kier molecular flexibility index (Phi) is 6.49. The number of aryl methyl sites for hydroxylation is 1. The van der Waals surface area contributed by atoms with Crippen LogP contribution < -0.4 is 4.90 Å². The van der Waals surface area contributed by atoms with Gasteiger partial charge in [0.05, 0.1) is 10.6 Å². The van der Waals surface area contributed by atoms with Crippen molar-refractivity contribution in [2.45, 2.75) is 33.1 Å². The van der Waals surface area contributed by atoms with Crippen LogP contribution in [0.15, 0.2) is 52.4 Å². The highest BCUT2D eigenvalue weighted by molar-refractivity contribution is 8.18. The number of hydrogen-bond acceptors (Lipinski definition) is 4. The van der Waals surface area contributed by atoms with E-state index in [1.807, 2.05) is 30.3 Å². The van der Waals surface area contributed by atoms with E-state index in [0.29, 0.717) is 16.5 Å². The minimum atomic E-state index is 0.0239. The standard InChI is InChI=1S/C24H26ClN3OS/c1-3-12-28-23(29)22(30-24(28)26-20-9-7-19(25)8-10-20)16-18-6-11-21(17(2)15-18)27-13-4-5-14-27/h6-11,15-16H,3-5,12-14H2,1-2H3/b22-16-,26-24?. The number of carbonyl (C=O) groups excluding carboxylic acids is 1. The molecule has 0 aliphatic carbocycles. The maximum absolute atomic E-state index is 13.0. The number of nitrogens with zero attached hydrogens (tertiary/aromatic N) is 3. The quantitative estimate of drug-likeness (QED) is 0.515. The molecule has 156 valence electrons. The molecule has 0 saturated carbocycles. The number of amidine groups is 1. The van der Waals surface area contributed by atoms with Crippen LogP contribution in [0.5, 0.6) is 0 Å². The second-order valence-corrected chi connectivity index (χ2v) is 9.12. The van der Waals surface area contributed by atoms with Crippen molar-refractivity contribution in [2.75, 3.05) is 24.5 Å². The van der Waals surface area contributed by atoms with Gasteiger partial charge in [-0.2, -0.15) is 0 Å². The second kappa shape index (κ2) is 9.27. The molecule has 2 saturated heterocycles. The topological polar surface area (TPSA) is 35.9 Å². The molecule has 1 amide bonds. The van der Waals surface area contributed by atoms with Gasteiger partial charge in [0.2, 0.25) is 0 Å². The Balaban J connectivity index is 1.60. The Labute approximate surface area is 187 Å². The van der Waals surface area contributed by atoms with E-state index in [-0.39, 0.29) is 5.91 Å². The van der Waals surface area contributed by atoms with Gasteiger partial charge in [-0.1, -0.05) is 24.6 Å². The zero-order chi connectivity index (χ0) is 21.1. The van der Waals surface area contributed by atoms with Gasteiger partial charge in [0, 0.05) is 30.3 Å². The van der Waals surface area contributed by atoms with Gasteiger partial charge in [0.15, 0.2) is 5.17 Å². The summed E-state index contributed by atoms with van der Waals surface area (Å²) in [7, 11) is 0. The molecule has 2 aromatic rings. The number of benzene rings is 2. The molecule has 0 aromatic heterocycles. The highest BCUT2D eigenvalue weighted by Crippen LogP contribution is 2.35. The fraction of sp³-hybridized carbons (Fsp3) is 0.333. The van der Waals surface area contributed by atoms with E-state index in [4.69, 9.17) is 16.6 Å². The lowest BCUT2D eigenvalue weighted by Gasteiger charge is -2.20. The van der Waals surface area contributed by atoms with E-state index in [1.165, 1.54) is 35.9 Å². The number of thioether (sulfide) groups is 1. The first kappa shape index (κ1) is 21.0. The summed E-state index contributed by atoms with van der Waals surface area (Å²) < 4.78 is 0. The lowest BCUT2D eigenvalue weighted by Crippen LogP contribution is -2.29. The molecule has 0 bridgehead atoms. The predicted molar refractivity (Wildman–Crippen MR) is 129 cm³/mol. The number of aliphatic imine (C=N–C) groups is 1. The summed E-state index contributed by atoms with van der Waals surface area (Å²) in [6.07, 6.45) is 5.39. The van der Waals surface area contributed by atoms with Gasteiger partial charge >= 0.3 is 0 Å². The monoisotopic (exact) mass is 439 g/mol. The van der Waals surface area contributed by atoms with E-state index < -0.39 is 0 Å². The smallest absolute Gasteiger partial charge is 0.266 e. The molecule has 4 rings (SSSR count). The van der Waals surface area contributed by atoms with Crippen LogP contribution in [0.2, 0.25) is 5.02 Å². The van der Waals surface area contributed by atoms with E-state index in [2.05, 4.69) is 36.9 Å². The van der Waals surface area contributed by atoms with Crippen molar-refractivity contribution in [1.29, 1.82) is 0 Å². The molecule has 2 aliphatic heterocycles. The van der Waals surface area contributed by atoms with E-state index >= 15 is 0 Å². The van der Waals surface area contributed by atoms with Crippen molar-refractivity contribution in [3.63, 3.8) is 0 Å². The van der Waals surface area contributed by atoms with Crippen LogP contribution >= 0.6 is 23.4 Å². The van der Waals surface area contributed by atoms with Gasteiger partial charge in [0.25, 0.3) is 5.91 Å². The van der Waals surface area contributed by atoms with Crippen molar-refractivity contribution >= 4 is 51.9 Å². The van der Waals surface area contributed by atoms with Gasteiger partial charge in [0.1, 0.15) is 0 Å². The molecule has 30 heavy (non-hydrogen) atoms. The minimum Gasteiger partial charge on any atom is -0.371 e. The second-order valence-electron chi connectivity index (χ2n) is 7.68. The van der Waals surface area contributed by atoms with Crippen molar-refractivity contribution in [3.8, 4) is 0 Å². The molecule has 2 aromatic carbocycles. The highest BCUT2D eigenvalue weighted by atomic mass is 35.5. The minimum absolute atomic E-state index is 0.0239. The Morgan fingerprint density at radius 2 is 1.87 bits per heavy atom. The maximum Gasteiger partial charge on any atom is 0.266 e. The van der Waals surface area contributed by atoms with Crippen molar-refractivity contribution in [2.24, 2.45) is 4.99 Å². The van der Waals surface area contributed by atoms with Crippen LogP contribution in [0.25, 0.3) is 6.08 Å². The van der Waals surface area contributed by atoms with Crippen molar-refractivity contribution in [1.82, 2.24) is 4.90 Å². The third-order valence-corrected chi connectivity index (χ3v) is 6.61. The summed E-state index contributed by atoms with van der Waals surface area (Å²) in [6, 6.07) is 13.8. The number of halogens is 1. The number of anilines is 1. The Morgan fingerprint density at radius 3 is 2.53 bits per heavy atom. The average molecular weight is 440 g/mol. The predicted octanol–water partition coefficient (Wildman–Crippen LogP) is 6.26. The molecule has 0 radical (unpaired) electrons. The summed E-state index contributed by atoms with van der Waals surface area (Å²) >= 11 is 7.42. The van der Waals surface area contributed by atoms with Gasteiger partial charge in [-0.3, -0.25) is 9.69 Å². The van der Waals surface area contributed by atoms with Crippen LogP contribution in [-0.4, -0.2) is 35.6 Å². The lowest BCUT2D eigenvalue weighted by molar-refractivity contribution is -0.122. The largest absolute Gasteiger partial charge is 0.371 e. The van der Waals surface area contributed by atoms with Gasteiger partial charge in [-0.25, -0.2) is 4.99 Å². The summed E-state index contributed by atoms with van der Waals surface area (Å²) in [5, 5.41) is 1.40. The first-order valence-corrected chi connectivity index (χ1v) is 11.7. The highest BCUT2D eigenvalue weighted by Gasteiger charge is 2.32.